The van der Waals surface area contributed by atoms with E-state index in [-0.39, 0.29) is 12.4 Å². The first-order valence-electron chi connectivity index (χ1n) is 5.52. The van der Waals surface area contributed by atoms with Crippen LogP contribution in [0.25, 0.3) is 0 Å². The molecule has 0 heterocycles. The normalized spacial score (nSPS) is 10.5. The van der Waals surface area contributed by atoms with E-state index in [0.29, 0.717) is 21.7 Å². The summed E-state index contributed by atoms with van der Waals surface area (Å²) in [7, 11) is 0. The molecule has 2 rings (SSSR count). The van der Waals surface area contributed by atoms with E-state index in [1.807, 2.05) is 18.2 Å². The molecule has 0 saturated heterocycles. The summed E-state index contributed by atoms with van der Waals surface area (Å²) in [5, 5.41) is 0. The molecule has 100 valence electrons. The van der Waals surface area contributed by atoms with E-state index >= 15 is 0 Å². The van der Waals surface area contributed by atoms with E-state index in [1.165, 1.54) is 6.07 Å². The van der Waals surface area contributed by atoms with Gasteiger partial charge in [0.05, 0.1) is 10.4 Å². The summed E-state index contributed by atoms with van der Waals surface area (Å²) < 4.78 is 20.9. The van der Waals surface area contributed by atoms with Crippen LogP contribution in [0.3, 0.4) is 0 Å². The number of rotatable bonds is 4. The summed E-state index contributed by atoms with van der Waals surface area (Å²) in [4.78, 5) is 0. The van der Waals surface area contributed by atoms with E-state index < -0.39 is 0 Å². The van der Waals surface area contributed by atoms with Crippen molar-refractivity contribution in [2.75, 3.05) is 0 Å². The molecule has 0 radical (unpaired) electrons. The van der Waals surface area contributed by atoms with E-state index in [2.05, 4.69) is 31.9 Å². The fourth-order valence-corrected chi connectivity index (χ4v) is 2.67. The molecule has 2 aromatic rings. The molecule has 1 nitrogen and oxygen atoms in total. The van der Waals surface area contributed by atoms with E-state index in [4.69, 9.17) is 16.3 Å². The molecule has 0 amide bonds. The van der Waals surface area contributed by atoms with Crippen molar-refractivity contribution in [3.8, 4) is 5.75 Å². The van der Waals surface area contributed by atoms with Crippen molar-refractivity contribution in [1.29, 1.82) is 0 Å². The highest BCUT2D eigenvalue weighted by Gasteiger charge is 2.09. The Morgan fingerprint density at radius 3 is 2.58 bits per heavy atom. The minimum absolute atomic E-state index is 0.158. The third kappa shape index (κ3) is 3.71. The Morgan fingerprint density at radius 1 is 1.11 bits per heavy atom. The molecule has 0 aromatic heterocycles. The van der Waals surface area contributed by atoms with Crippen LogP contribution >= 0.6 is 43.5 Å². The molecule has 0 aliphatic heterocycles. The summed E-state index contributed by atoms with van der Waals surface area (Å²) in [6.07, 6.45) is 0. The summed E-state index contributed by atoms with van der Waals surface area (Å²) in [5.41, 5.74) is 1.37. The van der Waals surface area contributed by atoms with E-state index in [0.717, 1.165) is 10.0 Å². The quantitative estimate of drug-likeness (QED) is 0.593. The standard InChI is InChI=1S/C14H10Br2ClFO/c15-11-5-4-10(13(18)6-11)8-19-14-9(7-17)2-1-3-12(14)16/h1-6H,7-8H2. The summed E-state index contributed by atoms with van der Waals surface area (Å²) in [6.45, 7) is 0.158. The molecule has 0 spiro atoms. The van der Waals surface area contributed by atoms with Gasteiger partial charge < -0.3 is 4.74 Å². The van der Waals surface area contributed by atoms with Crippen LogP contribution in [-0.4, -0.2) is 0 Å². The number of para-hydroxylation sites is 1. The first-order valence-corrected chi connectivity index (χ1v) is 7.64. The molecule has 0 bridgehead atoms. The van der Waals surface area contributed by atoms with Gasteiger partial charge in [0, 0.05) is 15.6 Å². The van der Waals surface area contributed by atoms with Crippen molar-refractivity contribution < 1.29 is 9.13 Å². The van der Waals surface area contributed by atoms with Gasteiger partial charge in [-0.1, -0.05) is 34.1 Å². The predicted molar refractivity (Wildman–Crippen MR) is 82.1 cm³/mol. The second-order valence-corrected chi connectivity index (χ2v) is 5.92. The van der Waals surface area contributed by atoms with Gasteiger partial charge in [-0.25, -0.2) is 4.39 Å². The van der Waals surface area contributed by atoms with E-state index in [1.54, 1.807) is 12.1 Å². The molecule has 2 aromatic carbocycles. The maximum atomic E-state index is 13.7. The zero-order chi connectivity index (χ0) is 13.8. The number of alkyl halides is 1. The van der Waals surface area contributed by atoms with Gasteiger partial charge in [-0.3, -0.25) is 0 Å². The highest BCUT2D eigenvalue weighted by atomic mass is 79.9. The Morgan fingerprint density at radius 2 is 1.89 bits per heavy atom. The zero-order valence-electron chi connectivity index (χ0n) is 9.80. The summed E-state index contributed by atoms with van der Waals surface area (Å²) in [5.74, 6) is 0.700. The number of ether oxygens (including phenoxy) is 1. The first-order chi connectivity index (χ1) is 9.11. The number of hydrogen-bond acceptors (Lipinski definition) is 1. The van der Waals surface area contributed by atoms with Crippen LogP contribution in [0.15, 0.2) is 45.3 Å². The molecule has 19 heavy (non-hydrogen) atoms. The van der Waals surface area contributed by atoms with Crippen molar-refractivity contribution in [3.63, 3.8) is 0 Å². The molecule has 0 aliphatic carbocycles. The van der Waals surface area contributed by atoms with Crippen molar-refractivity contribution in [2.24, 2.45) is 0 Å². The van der Waals surface area contributed by atoms with Crippen LogP contribution in [0.4, 0.5) is 4.39 Å². The molecule has 0 saturated carbocycles. The van der Waals surface area contributed by atoms with Crippen molar-refractivity contribution in [2.45, 2.75) is 12.5 Å². The highest BCUT2D eigenvalue weighted by molar-refractivity contribution is 9.10. The van der Waals surface area contributed by atoms with Crippen LogP contribution in [-0.2, 0) is 12.5 Å². The first kappa shape index (κ1) is 14.8. The third-order valence-electron chi connectivity index (χ3n) is 2.58. The van der Waals surface area contributed by atoms with Crippen LogP contribution < -0.4 is 4.74 Å². The molecule has 0 fully saturated rings. The Labute approximate surface area is 133 Å². The Kier molecular flexibility index (Phi) is 5.25. The van der Waals surface area contributed by atoms with Gasteiger partial charge in [-0.15, -0.1) is 11.6 Å². The molecule has 0 atom stereocenters. The summed E-state index contributed by atoms with van der Waals surface area (Å²) in [6, 6.07) is 10.5. The smallest absolute Gasteiger partial charge is 0.138 e. The number of benzene rings is 2. The number of halogens is 4. The molecule has 0 unspecified atom stereocenters. The lowest BCUT2D eigenvalue weighted by Gasteiger charge is -2.12. The van der Waals surface area contributed by atoms with Gasteiger partial charge in [0.15, 0.2) is 0 Å². The average Bonchev–Trinajstić information content (AvgIpc) is 2.39. The minimum atomic E-state index is -0.297. The van der Waals surface area contributed by atoms with Crippen molar-refractivity contribution >= 4 is 43.5 Å². The van der Waals surface area contributed by atoms with Gasteiger partial charge in [0.2, 0.25) is 0 Å². The molecule has 5 heteroatoms. The van der Waals surface area contributed by atoms with Crippen LogP contribution in [0.2, 0.25) is 0 Å². The SMILES string of the molecule is Fc1cc(Br)ccc1COc1c(Br)cccc1CCl. The molecule has 0 aliphatic rings. The molecular formula is C14H10Br2ClFO. The lowest BCUT2D eigenvalue weighted by Crippen LogP contribution is -2.01. The maximum Gasteiger partial charge on any atom is 0.138 e. The third-order valence-corrected chi connectivity index (χ3v) is 3.99. The maximum absolute atomic E-state index is 13.7. The predicted octanol–water partition coefficient (Wildman–Crippen LogP) is 5.67. The second kappa shape index (κ2) is 6.73. The highest BCUT2D eigenvalue weighted by Crippen LogP contribution is 2.31. The topological polar surface area (TPSA) is 9.23 Å². The minimum Gasteiger partial charge on any atom is -0.487 e. The average molecular weight is 408 g/mol. The Bertz CT molecular complexity index is 590. The zero-order valence-corrected chi connectivity index (χ0v) is 13.7. The number of hydrogen-bond donors (Lipinski definition) is 0. The summed E-state index contributed by atoms with van der Waals surface area (Å²) >= 11 is 12.5. The van der Waals surface area contributed by atoms with Gasteiger partial charge >= 0.3 is 0 Å². The largest absolute Gasteiger partial charge is 0.487 e. The van der Waals surface area contributed by atoms with Crippen LogP contribution in [0.5, 0.6) is 5.75 Å². The van der Waals surface area contributed by atoms with Gasteiger partial charge in [-0.2, -0.15) is 0 Å². The van der Waals surface area contributed by atoms with Gasteiger partial charge in [0.1, 0.15) is 18.2 Å². The van der Waals surface area contributed by atoms with Crippen LogP contribution in [0, 0.1) is 5.82 Å². The Hall–Kier alpha value is -0.580. The molecular weight excluding hydrogens is 398 g/mol. The lowest BCUT2D eigenvalue weighted by atomic mass is 10.2. The molecule has 0 N–H and O–H groups in total. The monoisotopic (exact) mass is 406 g/mol. The van der Waals surface area contributed by atoms with Crippen molar-refractivity contribution in [1.82, 2.24) is 0 Å². The fraction of sp³-hybridized carbons (Fsp3) is 0.143. The van der Waals surface area contributed by atoms with Crippen molar-refractivity contribution in [3.05, 3.63) is 62.3 Å². The van der Waals surface area contributed by atoms with Gasteiger partial charge in [-0.05, 0) is 34.1 Å². The lowest BCUT2D eigenvalue weighted by molar-refractivity contribution is 0.295. The van der Waals surface area contributed by atoms with E-state index in [9.17, 15) is 4.39 Å². The fourth-order valence-electron chi connectivity index (χ4n) is 1.61. The van der Waals surface area contributed by atoms with Crippen LogP contribution in [0.1, 0.15) is 11.1 Å². The Balaban J connectivity index is 2.19. The van der Waals surface area contributed by atoms with Gasteiger partial charge in [0.25, 0.3) is 0 Å². The second-order valence-electron chi connectivity index (χ2n) is 3.89.